The molecule has 0 aliphatic rings. The van der Waals surface area contributed by atoms with Gasteiger partial charge < -0.3 is 24.5 Å². The van der Waals surface area contributed by atoms with Crippen LogP contribution < -0.4 is 20.1 Å². The average molecular weight is 463 g/mol. The van der Waals surface area contributed by atoms with Gasteiger partial charge in [-0.15, -0.1) is 0 Å². The van der Waals surface area contributed by atoms with Crippen LogP contribution in [0.4, 0.5) is 5.69 Å². The van der Waals surface area contributed by atoms with Crippen LogP contribution in [0.1, 0.15) is 23.2 Å². The molecule has 0 unspecified atom stereocenters. The second-order valence-electron chi connectivity index (χ2n) is 6.32. The quantitative estimate of drug-likeness (QED) is 0.470. The number of ether oxygens (including phenoxy) is 2. The number of carbonyl (C=O) groups excluding carboxylic acids is 2. The molecule has 3 rings (SSSR count). The number of hydrogen-bond donors (Lipinski definition) is 2. The topological polar surface area (TPSA) is 89.8 Å². The highest BCUT2D eigenvalue weighted by Gasteiger charge is 2.13. The van der Waals surface area contributed by atoms with E-state index in [0.29, 0.717) is 39.6 Å². The van der Waals surface area contributed by atoms with E-state index in [1.54, 1.807) is 48.5 Å². The van der Waals surface area contributed by atoms with Crippen LogP contribution in [-0.2, 0) is 11.4 Å². The van der Waals surface area contributed by atoms with Gasteiger partial charge in [0.25, 0.3) is 5.91 Å². The maximum Gasteiger partial charge on any atom is 0.287 e. The summed E-state index contributed by atoms with van der Waals surface area (Å²) in [6.45, 7) is 2.32. The zero-order valence-electron chi connectivity index (χ0n) is 16.6. The summed E-state index contributed by atoms with van der Waals surface area (Å²) in [5.74, 6) is 0.761. The lowest BCUT2D eigenvalue weighted by Crippen LogP contribution is -2.32. The van der Waals surface area contributed by atoms with E-state index in [2.05, 4.69) is 10.6 Å². The number of anilines is 1. The molecular weight excluding hydrogens is 443 g/mol. The van der Waals surface area contributed by atoms with E-state index in [4.69, 9.17) is 37.1 Å². The summed E-state index contributed by atoms with van der Waals surface area (Å²) >= 11 is 11.9. The van der Waals surface area contributed by atoms with Crippen LogP contribution in [0, 0.1) is 0 Å². The van der Waals surface area contributed by atoms with Crippen molar-refractivity contribution in [3.63, 3.8) is 0 Å². The minimum Gasteiger partial charge on any atom is -0.494 e. The molecule has 0 fully saturated rings. The molecule has 2 N–H and O–H groups in total. The third-order valence-electron chi connectivity index (χ3n) is 4.01. The average Bonchev–Trinajstić information content (AvgIpc) is 3.22. The Labute approximate surface area is 189 Å². The van der Waals surface area contributed by atoms with Gasteiger partial charge in [0.05, 0.1) is 18.2 Å². The fourth-order valence-electron chi connectivity index (χ4n) is 2.57. The van der Waals surface area contributed by atoms with Crippen molar-refractivity contribution in [2.24, 2.45) is 0 Å². The van der Waals surface area contributed by atoms with Crippen molar-refractivity contribution in [3.05, 3.63) is 76.2 Å². The Morgan fingerprint density at radius 1 is 1.00 bits per heavy atom. The maximum absolute atomic E-state index is 12.2. The summed E-state index contributed by atoms with van der Waals surface area (Å²) in [4.78, 5) is 24.3. The second-order valence-corrected chi connectivity index (χ2v) is 7.16. The molecule has 0 radical (unpaired) electrons. The van der Waals surface area contributed by atoms with Crippen LogP contribution in [0.3, 0.4) is 0 Å². The Morgan fingerprint density at radius 2 is 1.77 bits per heavy atom. The van der Waals surface area contributed by atoms with Crippen LogP contribution in [0.15, 0.2) is 59.0 Å². The number of carbonyl (C=O) groups is 2. The summed E-state index contributed by atoms with van der Waals surface area (Å²) in [6.07, 6.45) is 0. The first-order valence-corrected chi connectivity index (χ1v) is 10.2. The van der Waals surface area contributed by atoms with Crippen molar-refractivity contribution in [2.45, 2.75) is 13.5 Å². The first-order valence-electron chi connectivity index (χ1n) is 9.42. The number of amides is 2. The van der Waals surface area contributed by atoms with Crippen molar-refractivity contribution < 1.29 is 23.5 Å². The molecule has 0 spiro atoms. The van der Waals surface area contributed by atoms with Crippen LogP contribution >= 0.6 is 23.2 Å². The Bertz CT molecular complexity index is 1050. The third-order valence-corrected chi connectivity index (χ3v) is 4.54. The predicted molar refractivity (Wildman–Crippen MR) is 118 cm³/mol. The van der Waals surface area contributed by atoms with Gasteiger partial charge >= 0.3 is 0 Å². The SMILES string of the molecule is CCOc1ccc(NC(=O)CNC(=O)c2ccc(COc3ccc(Cl)cc3Cl)o2)cc1. The lowest BCUT2D eigenvalue weighted by molar-refractivity contribution is -0.115. The minimum absolute atomic E-state index is 0.0645. The molecule has 0 aliphatic carbocycles. The van der Waals surface area contributed by atoms with E-state index >= 15 is 0 Å². The minimum atomic E-state index is -0.516. The number of furan rings is 1. The highest BCUT2D eigenvalue weighted by atomic mass is 35.5. The molecule has 1 aromatic heterocycles. The number of halogens is 2. The molecular formula is C22H20Cl2N2O5. The largest absolute Gasteiger partial charge is 0.494 e. The summed E-state index contributed by atoms with van der Waals surface area (Å²) in [6, 6.07) is 14.9. The van der Waals surface area contributed by atoms with Gasteiger partial charge in [0.15, 0.2) is 5.76 Å². The Morgan fingerprint density at radius 3 is 2.48 bits per heavy atom. The molecule has 31 heavy (non-hydrogen) atoms. The molecule has 162 valence electrons. The third kappa shape index (κ3) is 6.67. The number of rotatable bonds is 9. The molecule has 2 amide bonds. The van der Waals surface area contributed by atoms with Crippen molar-refractivity contribution >= 4 is 40.7 Å². The Kier molecular flexibility index (Phi) is 7.81. The van der Waals surface area contributed by atoms with Crippen LogP contribution in [-0.4, -0.2) is 25.0 Å². The zero-order valence-corrected chi connectivity index (χ0v) is 18.1. The van der Waals surface area contributed by atoms with E-state index in [0.717, 1.165) is 0 Å². The van der Waals surface area contributed by atoms with Gasteiger partial charge in [-0.3, -0.25) is 9.59 Å². The molecule has 0 saturated heterocycles. The van der Waals surface area contributed by atoms with Crippen LogP contribution in [0.5, 0.6) is 11.5 Å². The number of hydrogen-bond acceptors (Lipinski definition) is 5. The van der Waals surface area contributed by atoms with E-state index in [-0.39, 0.29) is 24.8 Å². The molecule has 7 nitrogen and oxygen atoms in total. The fourth-order valence-corrected chi connectivity index (χ4v) is 3.04. The van der Waals surface area contributed by atoms with Gasteiger partial charge in [0, 0.05) is 10.7 Å². The standard InChI is InChI=1S/C22H20Cl2N2O5/c1-2-29-16-6-4-15(5-7-16)26-21(27)12-25-22(28)20-10-8-17(31-20)13-30-19-9-3-14(23)11-18(19)24/h3-11H,2,12-13H2,1H3,(H,25,28)(H,26,27). The van der Waals surface area contributed by atoms with E-state index in [1.807, 2.05) is 6.92 Å². The van der Waals surface area contributed by atoms with Crippen molar-refractivity contribution in [1.29, 1.82) is 0 Å². The van der Waals surface area contributed by atoms with E-state index in [9.17, 15) is 9.59 Å². The Balaban J connectivity index is 1.46. The lowest BCUT2D eigenvalue weighted by Gasteiger charge is -2.08. The van der Waals surface area contributed by atoms with Gasteiger partial charge in [-0.2, -0.15) is 0 Å². The molecule has 1 heterocycles. The number of benzene rings is 2. The summed E-state index contributed by atoms with van der Waals surface area (Å²) in [5, 5.41) is 6.07. The van der Waals surface area contributed by atoms with Gasteiger partial charge in [-0.05, 0) is 61.5 Å². The van der Waals surface area contributed by atoms with E-state index < -0.39 is 5.91 Å². The summed E-state index contributed by atoms with van der Waals surface area (Å²) in [5.41, 5.74) is 0.598. The fraction of sp³-hybridized carbons (Fsp3) is 0.182. The normalized spacial score (nSPS) is 10.4. The highest BCUT2D eigenvalue weighted by Crippen LogP contribution is 2.28. The number of nitrogens with one attached hydrogen (secondary N) is 2. The van der Waals surface area contributed by atoms with Gasteiger partial charge in [-0.1, -0.05) is 23.2 Å². The van der Waals surface area contributed by atoms with E-state index in [1.165, 1.54) is 6.07 Å². The monoisotopic (exact) mass is 462 g/mol. The first-order chi connectivity index (χ1) is 14.9. The molecule has 0 bridgehead atoms. The molecule has 9 heteroatoms. The molecule has 0 atom stereocenters. The maximum atomic E-state index is 12.2. The molecule has 2 aromatic carbocycles. The van der Waals surface area contributed by atoms with Gasteiger partial charge in [0.2, 0.25) is 5.91 Å². The van der Waals surface area contributed by atoms with Crippen molar-refractivity contribution in [3.8, 4) is 11.5 Å². The van der Waals surface area contributed by atoms with Crippen LogP contribution in [0.25, 0.3) is 0 Å². The Hall–Kier alpha value is -3.16. The lowest BCUT2D eigenvalue weighted by atomic mass is 10.3. The van der Waals surface area contributed by atoms with Gasteiger partial charge in [0.1, 0.15) is 23.9 Å². The first kappa shape index (κ1) is 22.5. The summed E-state index contributed by atoms with van der Waals surface area (Å²) < 4.78 is 16.4. The van der Waals surface area contributed by atoms with Crippen LogP contribution in [0.2, 0.25) is 10.0 Å². The second kappa shape index (κ2) is 10.7. The van der Waals surface area contributed by atoms with Crippen molar-refractivity contribution in [2.75, 3.05) is 18.5 Å². The molecule has 0 saturated carbocycles. The molecule has 0 aliphatic heterocycles. The van der Waals surface area contributed by atoms with Crippen molar-refractivity contribution in [1.82, 2.24) is 5.32 Å². The highest BCUT2D eigenvalue weighted by molar-refractivity contribution is 6.35. The predicted octanol–water partition coefficient (Wildman–Crippen LogP) is 4.93. The molecule has 3 aromatic rings. The zero-order chi connectivity index (χ0) is 22.2. The van der Waals surface area contributed by atoms with Gasteiger partial charge in [-0.25, -0.2) is 0 Å². The smallest absolute Gasteiger partial charge is 0.287 e. The summed E-state index contributed by atoms with van der Waals surface area (Å²) in [7, 11) is 0.